The molecule has 0 radical (unpaired) electrons. The van der Waals surface area contributed by atoms with E-state index in [1.54, 1.807) is 0 Å². The van der Waals surface area contributed by atoms with E-state index in [0.29, 0.717) is 5.69 Å². The van der Waals surface area contributed by atoms with Gasteiger partial charge in [-0.3, -0.25) is 0 Å². The molecule has 1 heterocycles. The van der Waals surface area contributed by atoms with Gasteiger partial charge in [0.05, 0.1) is 0 Å². The Morgan fingerprint density at radius 1 is 1.10 bits per heavy atom. The van der Waals surface area contributed by atoms with Crippen LogP contribution in [0.3, 0.4) is 0 Å². The molecule has 1 aromatic carbocycles. The lowest BCUT2D eigenvalue weighted by molar-refractivity contribution is -0.144. The molecular formula is C13H12F4N4. The van der Waals surface area contributed by atoms with Crippen LogP contribution in [0.1, 0.15) is 5.82 Å². The first-order valence-corrected chi connectivity index (χ1v) is 5.94. The van der Waals surface area contributed by atoms with Crippen molar-refractivity contribution < 1.29 is 17.6 Å². The van der Waals surface area contributed by atoms with Crippen LogP contribution in [0.15, 0.2) is 30.3 Å². The van der Waals surface area contributed by atoms with Gasteiger partial charge in [0.25, 0.3) is 0 Å². The molecule has 0 atom stereocenters. The average molecular weight is 300 g/mol. The number of nitrogens with zero attached hydrogens (tertiary/aromatic N) is 3. The second-order valence-corrected chi connectivity index (χ2v) is 4.22. The standard InChI is InChI=1S/C13H12F4N4/c1-18-10-7-11(20-12(19-10)13(15,16)17)21(2)9-5-3-8(14)4-6-9/h3-7H,1-2H3,(H,18,19,20). The smallest absolute Gasteiger partial charge is 0.373 e. The van der Waals surface area contributed by atoms with Crippen LogP contribution in [0.4, 0.5) is 34.9 Å². The molecule has 0 amide bonds. The summed E-state index contributed by atoms with van der Waals surface area (Å²) in [7, 11) is 3.00. The zero-order valence-electron chi connectivity index (χ0n) is 11.2. The number of hydrogen-bond donors (Lipinski definition) is 1. The number of aromatic nitrogens is 2. The van der Waals surface area contributed by atoms with E-state index in [2.05, 4.69) is 15.3 Å². The first-order chi connectivity index (χ1) is 9.81. The Morgan fingerprint density at radius 3 is 2.24 bits per heavy atom. The van der Waals surface area contributed by atoms with E-state index in [1.807, 2.05) is 0 Å². The molecule has 0 unspecified atom stereocenters. The lowest BCUT2D eigenvalue weighted by Crippen LogP contribution is -2.18. The fourth-order valence-electron chi connectivity index (χ4n) is 1.66. The van der Waals surface area contributed by atoms with Gasteiger partial charge in [0.1, 0.15) is 17.5 Å². The molecule has 21 heavy (non-hydrogen) atoms. The average Bonchev–Trinajstić information content (AvgIpc) is 2.46. The molecule has 112 valence electrons. The molecule has 2 aromatic rings. The Kier molecular flexibility index (Phi) is 3.97. The first kappa shape index (κ1) is 15.0. The highest BCUT2D eigenvalue weighted by Gasteiger charge is 2.35. The van der Waals surface area contributed by atoms with Crippen molar-refractivity contribution in [1.29, 1.82) is 0 Å². The first-order valence-electron chi connectivity index (χ1n) is 5.94. The number of anilines is 3. The predicted octanol–water partition coefficient (Wildman–Crippen LogP) is 3.44. The maximum atomic E-state index is 12.9. The second-order valence-electron chi connectivity index (χ2n) is 4.22. The van der Waals surface area contributed by atoms with E-state index in [9.17, 15) is 17.6 Å². The third-order valence-corrected chi connectivity index (χ3v) is 2.78. The number of alkyl halides is 3. The Balaban J connectivity index is 2.45. The van der Waals surface area contributed by atoms with Crippen LogP contribution in [-0.4, -0.2) is 24.1 Å². The highest BCUT2D eigenvalue weighted by Crippen LogP contribution is 2.30. The number of hydrogen-bond acceptors (Lipinski definition) is 4. The van der Waals surface area contributed by atoms with Crippen LogP contribution in [-0.2, 0) is 6.18 Å². The number of benzene rings is 1. The third kappa shape index (κ3) is 3.39. The van der Waals surface area contributed by atoms with Gasteiger partial charge in [-0.2, -0.15) is 13.2 Å². The van der Waals surface area contributed by atoms with E-state index in [4.69, 9.17) is 0 Å². The molecule has 0 saturated heterocycles. The Hall–Kier alpha value is -2.38. The van der Waals surface area contributed by atoms with Gasteiger partial charge in [-0.25, -0.2) is 14.4 Å². The molecule has 4 nitrogen and oxygen atoms in total. The van der Waals surface area contributed by atoms with Crippen molar-refractivity contribution in [1.82, 2.24) is 9.97 Å². The van der Waals surface area contributed by atoms with Crippen LogP contribution in [0, 0.1) is 5.82 Å². The van der Waals surface area contributed by atoms with Crippen molar-refractivity contribution in [3.63, 3.8) is 0 Å². The summed E-state index contributed by atoms with van der Waals surface area (Å²) in [6.45, 7) is 0. The SMILES string of the molecule is CNc1cc(N(C)c2ccc(F)cc2)nc(C(F)(F)F)n1. The summed E-state index contributed by atoms with van der Waals surface area (Å²) in [5.74, 6) is -1.57. The van der Waals surface area contributed by atoms with Crippen molar-refractivity contribution >= 4 is 17.3 Å². The van der Waals surface area contributed by atoms with Crippen LogP contribution in [0.2, 0.25) is 0 Å². The molecule has 8 heteroatoms. The maximum Gasteiger partial charge on any atom is 0.451 e. The van der Waals surface area contributed by atoms with Gasteiger partial charge in [-0.1, -0.05) is 0 Å². The lowest BCUT2D eigenvalue weighted by Gasteiger charge is -2.20. The lowest BCUT2D eigenvalue weighted by atomic mass is 10.3. The van der Waals surface area contributed by atoms with Gasteiger partial charge in [0, 0.05) is 25.8 Å². The summed E-state index contributed by atoms with van der Waals surface area (Å²) in [6, 6.07) is 6.71. The van der Waals surface area contributed by atoms with E-state index in [-0.39, 0.29) is 11.6 Å². The van der Waals surface area contributed by atoms with Gasteiger partial charge in [0.15, 0.2) is 0 Å². The quantitative estimate of drug-likeness (QED) is 0.882. The maximum absolute atomic E-state index is 12.9. The second kappa shape index (κ2) is 5.55. The highest BCUT2D eigenvalue weighted by atomic mass is 19.4. The molecule has 0 saturated carbocycles. The monoisotopic (exact) mass is 300 g/mol. The largest absolute Gasteiger partial charge is 0.451 e. The van der Waals surface area contributed by atoms with Crippen LogP contribution in [0.5, 0.6) is 0 Å². The molecule has 2 rings (SSSR count). The summed E-state index contributed by atoms with van der Waals surface area (Å²) in [5, 5.41) is 2.56. The Bertz CT molecular complexity index is 625. The molecule has 0 fully saturated rings. The van der Waals surface area contributed by atoms with Crippen molar-refractivity contribution in [2.24, 2.45) is 0 Å². The normalized spacial score (nSPS) is 11.3. The van der Waals surface area contributed by atoms with Crippen LogP contribution < -0.4 is 10.2 Å². The molecule has 0 spiro atoms. The number of rotatable bonds is 3. The molecule has 0 aliphatic rings. The summed E-state index contributed by atoms with van der Waals surface area (Å²) in [4.78, 5) is 8.30. The van der Waals surface area contributed by atoms with Gasteiger partial charge in [0.2, 0.25) is 5.82 Å². The molecule has 0 aliphatic heterocycles. The van der Waals surface area contributed by atoms with Gasteiger partial charge < -0.3 is 10.2 Å². The minimum Gasteiger partial charge on any atom is -0.373 e. The summed E-state index contributed by atoms with van der Waals surface area (Å²) in [5.41, 5.74) is 0.505. The van der Waals surface area contributed by atoms with Crippen molar-refractivity contribution in [3.8, 4) is 0 Å². The van der Waals surface area contributed by atoms with Gasteiger partial charge in [-0.15, -0.1) is 0 Å². The van der Waals surface area contributed by atoms with Gasteiger partial charge >= 0.3 is 6.18 Å². The van der Waals surface area contributed by atoms with Crippen LogP contribution >= 0.6 is 0 Å². The van der Waals surface area contributed by atoms with E-state index in [0.717, 1.165) is 0 Å². The molecule has 0 aliphatic carbocycles. The zero-order valence-corrected chi connectivity index (χ0v) is 11.2. The summed E-state index contributed by atoms with van der Waals surface area (Å²) in [6.07, 6.45) is -4.65. The van der Waals surface area contributed by atoms with Crippen molar-refractivity contribution in [2.45, 2.75) is 6.18 Å². The molecule has 1 aromatic heterocycles. The zero-order chi connectivity index (χ0) is 15.6. The minimum absolute atomic E-state index is 0.0429. The number of halogens is 4. The van der Waals surface area contributed by atoms with E-state index in [1.165, 1.54) is 49.3 Å². The Morgan fingerprint density at radius 2 is 1.71 bits per heavy atom. The topological polar surface area (TPSA) is 41.0 Å². The van der Waals surface area contributed by atoms with Crippen molar-refractivity contribution in [2.75, 3.05) is 24.3 Å². The fraction of sp³-hybridized carbons (Fsp3) is 0.231. The molecule has 1 N–H and O–H groups in total. The molecule has 0 bridgehead atoms. The van der Waals surface area contributed by atoms with Crippen molar-refractivity contribution in [3.05, 3.63) is 42.0 Å². The summed E-state index contributed by atoms with van der Waals surface area (Å²) >= 11 is 0. The minimum atomic E-state index is -4.65. The van der Waals surface area contributed by atoms with Gasteiger partial charge in [-0.05, 0) is 24.3 Å². The van der Waals surface area contributed by atoms with Crippen LogP contribution in [0.25, 0.3) is 0 Å². The highest BCUT2D eigenvalue weighted by molar-refractivity contribution is 5.61. The number of nitrogens with one attached hydrogen (secondary N) is 1. The van der Waals surface area contributed by atoms with E-state index < -0.39 is 17.8 Å². The van der Waals surface area contributed by atoms with E-state index >= 15 is 0 Å². The summed E-state index contributed by atoms with van der Waals surface area (Å²) < 4.78 is 51.2. The Labute approximate surface area is 118 Å². The fourth-order valence-corrected chi connectivity index (χ4v) is 1.66. The predicted molar refractivity (Wildman–Crippen MR) is 71.0 cm³/mol. The third-order valence-electron chi connectivity index (χ3n) is 2.78. The molecular weight excluding hydrogens is 288 g/mol.